The van der Waals surface area contributed by atoms with Crippen LogP contribution < -0.4 is 0 Å². The lowest BCUT2D eigenvalue weighted by atomic mass is 9.46. The number of rotatable bonds is 8. The van der Waals surface area contributed by atoms with Gasteiger partial charge in [-0.3, -0.25) is 4.90 Å². The number of ether oxygens (including phenoxy) is 4. The van der Waals surface area contributed by atoms with E-state index in [0.717, 1.165) is 62.9 Å². The molecule has 244 valence electrons. The van der Waals surface area contributed by atoms with Crippen LogP contribution in [0.3, 0.4) is 0 Å². The molecule has 8 fully saturated rings. The molecular weight excluding hydrogens is 540 g/mol. The highest BCUT2D eigenvalue weighted by Gasteiger charge is 2.80. The molecule has 11 atom stereocenters. The zero-order valence-electron chi connectivity index (χ0n) is 27.6. The zero-order chi connectivity index (χ0) is 29.6. The number of nitrogens with zero attached hydrogens (tertiary/aromatic N) is 2. The van der Waals surface area contributed by atoms with Gasteiger partial charge in [0.05, 0.1) is 38.1 Å². The first-order valence-corrected chi connectivity index (χ1v) is 18.2. The summed E-state index contributed by atoms with van der Waals surface area (Å²) < 4.78 is 25.0. The molecule has 10 unspecified atom stereocenters. The average Bonchev–Trinajstić information content (AvgIpc) is 3.55. The first kappa shape index (κ1) is 30.1. The summed E-state index contributed by atoms with van der Waals surface area (Å²) in [6.45, 7) is 16.2. The smallest absolute Gasteiger partial charge is 0.170 e. The van der Waals surface area contributed by atoms with Crippen molar-refractivity contribution in [1.82, 2.24) is 9.80 Å². The van der Waals surface area contributed by atoms with Crippen molar-refractivity contribution in [3.8, 4) is 0 Å². The van der Waals surface area contributed by atoms with E-state index in [1.807, 2.05) is 0 Å². The Morgan fingerprint density at radius 2 is 1.72 bits per heavy atom. The fraction of sp³-hybridized carbons (Fsp3) is 1.00. The Bertz CT molecular complexity index is 1040. The van der Waals surface area contributed by atoms with Crippen LogP contribution in [0.1, 0.15) is 85.0 Å². The number of aliphatic hydroxyl groups excluding tert-OH is 1. The van der Waals surface area contributed by atoms with Crippen molar-refractivity contribution >= 4 is 0 Å². The van der Waals surface area contributed by atoms with Gasteiger partial charge in [-0.05, 0) is 115 Å². The van der Waals surface area contributed by atoms with Gasteiger partial charge in [-0.25, -0.2) is 0 Å². The van der Waals surface area contributed by atoms with E-state index in [2.05, 4.69) is 30.6 Å². The summed E-state index contributed by atoms with van der Waals surface area (Å²) in [6.07, 6.45) is 13.9. The highest BCUT2D eigenvalue weighted by molar-refractivity contribution is 5.29. The van der Waals surface area contributed by atoms with Gasteiger partial charge >= 0.3 is 0 Å². The van der Waals surface area contributed by atoms with Crippen molar-refractivity contribution in [3.05, 3.63) is 0 Å². The van der Waals surface area contributed by atoms with Gasteiger partial charge in [-0.1, -0.05) is 20.8 Å². The summed E-state index contributed by atoms with van der Waals surface area (Å²) in [6, 6.07) is 0. The third-order valence-corrected chi connectivity index (χ3v) is 15.4. The second-order valence-corrected chi connectivity index (χ2v) is 17.4. The van der Waals surface area contributed by atoms with Crippen molar-refractivity contribution in [3.63, 3.8) is 0 Å². The first-order chi connectivity index (χ1) is 20.7. The number of aliphatic hydroxyl groups is 1. The molecule has 2 spiro atoms. The standard InChI is InChI=1S/C36H60N2O5/c1-33(2)30-8-7-26-28-17-29-27(6-5-25(22-39)42-29)34(28,3)11-12-35(26)23-36(30,35)10-9-31(33)43-32-21-38(14-16-41-32)20-24-18-37(19-24)13-15-40-4/h24-32,39H,5-23H2,1-4H3/t25?,26?,27?,28?,29?,30?,31?,32?,34?,35-,36?/m0/s1. The van der Waals surface area contributed by atoms with E-state index in [-0.39, 0.29) is 24.4 Å². The Kier molecular flexibility index (Phi) is 7.61. The molecule has 7 nitrogen and oxygen atoms in total. The van der Waals surface area contributed by atoms with Gasteiger partial charge in [0.15, 0.2) is 6.29 Å². The molecule has 3 saturated heterocycles. The highest BCUT2D eigenvalue weighted by atomic mass is 16.7. The number of hydrogen-bond donors (Lipinski definition) is 1. The molecule has 5 saturated carbocycles. The molecule has 0 radical (unpaired) electrons. The van der Waals surface area contributed by atoms with E-state index in [1.165, 1.54) is 77.4 Å². The SMILES string of the molecule is COCCN1CC(CN2CCOC(OC3CCC45C[C@]46CCC4(C)C7CCC(CO)OC7CC4C6CCC5C3(C)C)C2)C1. The molecule has 0 aromatic carbocycles. The number of fused-ring (bicyclic) bond motifs is 4. The van der Waals surface area contributed by atoms with Crippen LogP contribution in [0.15, 0.2) is 0 Å². The van der Waals surface area contributed by atoms with E-state index in [0.29, 0.717) is 34.4 Å². The Hall–Kier alpha value is -0.280. The van der Waals surface area contributed by atoms with Gasteiger partial charge in [0.1, 0.15) is 0 Å². The second-order valence-electron chi connectivity index (χ2n) is 17.4. The van der Waals surface area contributed by atoms with Crippen LogP contribution in [0.25, 0.3) is 0 Å². The van der Waals surface area contributed by atoms with Crippen LogP contribution >= 0.6 is 0 Å². The van der Waals surface area contributed by atoms with E-state index in [9.17, 15) is 5.11 Å². The molecule has 3 heterocycles. The zero-order valence-corrected chi connectivity index (χ0v) is 27.6. The number of likely N-dealkylation sites (tertiary alicyclic amines) is 1. The average molecular weight is 601 g/mol. The van der Waals surface area contributed by atoms with E-state index in [4.69, 9.17) is 18.9 Å². The Labute approximate surface area is 260 Å². The molecule has 1 N–H and O–H groups in total. The van der Waals surface area contributed by atoms with Crippen LogP contribution in [0.2, 0.25) is 0 Å². The van der Waals surface area contributed by atoms with E-state index < -0.39 is 0 Å². The normalized spacial score (nSPS) is 51.0. The summed E-state index contributed by atoms with van der Waals surface area (Å²) in [7, 11) is 1.79. The number of morpholine rings is 1. The third-order valence-electron chi connectivity index (χ3n) is 15.4. The van der Waals surface area contributed by atoms with Crippen molar-refractivity contribution < 1.29 is 24.1 Å². The lowest BCUT2D eigenvalue weighted by molar-refractivity contribution is -0.246. The summed E-state index contributed by atoms with van der Waals surface area (Å²) in [5.74, 6) is 3.94. The Morgan fingerprint density at radius 3 is 2.53 bits per heavy atom. The molecule has 8 aliphatic rings. The third kappa shape index (κ3) is 4.59. The van der Waals surface area contributed by atoms with Crippen molar-refractivity contribution in [2.45, 2.75) is 110 Å². The maximum Gasteiger partial charge on any atom is 0.170 e. The van der Waals surface area contributed by atoms with E-state index in [1.54, 1.807) is 7.11 Å². The van der Waals surface area contributed by atoms with Gasteiger partial charge in [0.2, 0.25) is 0 Å². The highest BCUT2D eigenvalue weighted by Crippen LogP contribution is 2.87. The fourth-order valence-electron chi connectivity index (χ4n) is 13.3. The van der Waals surface area contributed by atoms with Crippen LogP contribution in [0.4, 0.5) is 0 Å². The largest absolute Gasteiger partial charge is 0.394 e. The van der Waals surface area contributed by atoms with Gasteiger partial charge in [-0.15, -0.1) is 0 Å². The lowest BCUT2D eigenvalue weighted by Crippen LogP contribution is -2.57. The van der Waals surface area contributed by atoms with Crippen molar-refractivity contribution in [1.29, 1.82) is 0 Å². The van der Waals surface area contributed by atoms with Crippen LogP contribution in [-0.2, 0) is 18.9 Å². The molecule has 5 aliphatic carbocycles. The molecule has 0 amide bonds. The minimum atomic E-state index is -0.0822. The molecule has 0 aromatic rings. The molecule has 3 aliphatic heterocycles. The lowest BCUT2D eigenvalue weighted by Gasteiger charge is -2.60. The van der Waals surface area contributed by atoms with Crippen LogP contribution in [0.5, 0.6) is 0 Å². The molecular formula is C36H60N2O5. The molecule has 8 rings (SSSR count). The molecule has 0 bridgehead atoms. The Balaban J connectivity index is 0.906. The molecule has 0 aromatic heterocycles. The maximum absolute atomic E-state index is 9.81. The minimum absolute atomic E-state index is 0.0768. The van der Waals surface area contributed by atoms with E-state index >= 15 is 0 Å². The van der Waals surface area contributed by atoms with Crippen molar-refractivity contribution in [2.75, 3.05) is 66.2 Å². The monoisotopic (exact) mass is 600 g/mol. The minimum Gasteiger partial charge on any atom is -0.394 e. The number of methoxy groups -OCH3 is 1. The predicted molar refractivity (Wildman–Crippen MR) is 165 cm³/mol. The maximum atomic E-state index is 9.81. The van der Waals surface area contributed by atoms with Gasteiger partial charge in [0, 0.05) is 46.4 Å². The number of hydrogen-bond acceptors (Lipinski definition) is 7. The van der Waals surface area contributed by atoms with Gasteiger partial charge < -0.3 is 29.0 Å². The fourth-order valence-corrected chi connectivity index (χ4v) is 13.3. The van der Waals surface area contributed by atoms with Crippen molar-refractivity contribution in [2.24, 2.45) is 51.2 Å². The summed E-state index contributed by atoms with van der Waals surface area (Å²) >= 11 is 0. The quantitative estimate of drug-likeness (QED) is 0.429. The molecule has 43 heavy (non-hydrogen) atoms. The van der Waals surface area contributed by atoms with Crippen LogP contribution in [0, 0.1) is 51.2 Å². The summed E-state index contributed by atoms with van der Waals surface area (Å²) in [4.78, 5) is 5.12. The second kappa shape index (κ2) is 10.9. The first-order valence-electron chi connectivity index (χ1n) is 18.2. The predicted octanol–water partition coefficient (Wildman–Crippen LogP) is 4.81. The summed E-state index contributed by atoms with van der Waals surface area (Å²) in [5.41, 5.74) is 1.75. The Morgan fingerprint density at radius 1 is 0.884 bits per heavy atom. The van der Waals surface area contributed by atoms with Gasteiger partial charge in [-0.2, -0.15) is 0 Å². The van der Waals surface area contributed by atoms with Gasteiger partial charge in [0.25, 0.3) is 0 Å². The topological polar surface area (TPSA) is 63.6 Å². The molecule has 7 heteroatoms. The van der Waals surface area contributed by atoms with Crippen LogP contribution in [-0.4, -0.2) is 106 Å². The summed E-state index contributed by atoms with van der Waals surface area (Å²) in [5, 5.41) is 9.81.